The number of amides is 1. The summed E-state index contributed by atoms with van der Waals surface area (Å²) >= 11 is 0. The highest BCUT2D eigenvalue weighted by Gasteiger charge is 2.24. The third kappa shape index (κ3) is 4.19. The van der Waals surface area contributed by atoms with E-state index in [1.807, 2.05) is 6.07 Å². The number of nitrogens with two attached hydrogens (primary N) is 1. The Morgan fingerprint density at radius 2 is 2.03 bits per heavy atom. The molecule has 0 saturated carbocycles. The number of rotatable bonds is 8. The topological polar surface area (TPSA) is 132 Å². The van der Waals surface area contributed by atoms with E-state index in [1.54, 1.807) is 38.2 Å². The Kier molecular flexibility index (Phi) is 5.91. The highest BCUT2D eigenvalue weighted by Crippen LogP contribution is 2.30. The molecule has 9 heteroatoms. The number of aromatic nitrogens is 3. The van der Waals surface area contributed by atoms with E-state index in [2.05, 4.69) is 20.3 Å². The average Bonchev–Trinajstić information content (AvgIpc) is 2.72. The number of pyridine rings is 1. The molecule has 0 bridgehead atoms. The summed E-state index contributed by atoms with van der Waals surface area (Å²) in [7, 11) is 3.01. The van der Waals surface area contributed by atoms with Crippen LogP contribution in [0.5, 0.6) is 11.5 Å². The number of carbonyl (C=O) groups is 1. The summed E-state index contributed by atoms with van der Waals surface area (Å²) in [6.07, 6.45) is 2.15. The summed E-state index contributed by atoms with van der Waals surface area (Å²) in [6.45, 7) is 4.09. The summed E-state index contributed by atoms with van der Waals surface area (Å²) in [5.41, 5.74) is 6.04. The molecule has 0 fully saturated rings. The number of nitrogens with zero attached hydrogens (tertiary/aromatic N) is 2. The number of H-pyrrole nitrogens is 1. The summed E-state index contributed by atoms with van der Waals surface area (Å²) in [6, 6.07) is 6.90. The normalized spacial score (nSPS) is 11.3. The molecule has 9 nitrogen and oxygen atoms in total. The van der Waals surface area contributed by atoms with E-state index in [4.69, 9.17) is 15.2 Å². The molecule has 0 aliphatic heterocycles. The third-order valence-corrected chi connectivity index (χ3v) is 4.97. The molecule has 1 aromatic carbocycles. The molecule has 3 rings (SSSR count). The van der Waals surface area contributed by atoms with Crippen molar-refractivity contribution in [3.05, 3.63) is 40.8 Å². The van der Waals surface area contributed by atoms with Crippen LogP contribution < -0.4 is 26.1 Å². The number of nitrogens with one attached hydrogen (secondary N) is 2. The molecule has 2 heterocycles. The molecule has 0 saturated heterocycles. The zero-order chi connectivity index (χ0) is 21.9. The van der Waals surface area contributed by atoms with Gasteiger partial charge >= 0.3 is 0 Å². The Labute approximate surface area is 173 Å². The van der Waals surface area contributed by atoms with Gasteiger partial charge < -0.3 is 25.5 Å². The van der Waals surface area contributed by atoms with E-state index in [0.29, 0.717) is 52.6 Å². The second-order valence-corrected chi connectivity index (χ2v) is 7.46. The number of anilines is 1. The summed E-state index contributed by atoms with van der Waals surface area (Å²) in [5.74, 6) is 0.841. The smallest absolute Gasteiger partial charge is 0.262 e. The highest BCUT2D eigenvalue weighted by molar-refractivity contribution is 5.87. The number of carbonyl (C=O) groups excluding carboxylic acids is 1. The largest absolute Gasteiger partial charge is 0.497 e. The average molecular weight is 411 g/mol. The van der Waals surface area contributed by atoms with Crippen LogP contribution in [-0.4, -0.2) is 41.6 Å². The number of methoxy groups -OCH3 is 2. The van der Waals surface area contributed by atoms with Gasteiger partial charge in [-0.05, 0) is 18.6 Å². The lowest BCUT2D eigenvalue weighted by atomic mass is 9.88. The minimum absolute atomic E-state index is 0.306. The number of aromatic amines is 1. The Morgan fingerprint density at radius 3 is 2.70 bits per heavy atom. The zero-order valence-electron chi connectivity index (χ0n) is 17.4. The Morgan fingerprint density at radius 1 is 1.27 bits per heavy atom. The molecule has 0 aliphatic carbocycles. The van der Waals surface area contributed by atoms with Crippen molar-refractivity contribution in [3.63, 3.8) is 0 Å². The Hall–Kier alpha value is -3.62. The van der Waals surface area contributed by atoms with E-state index < -0.39 is 5.41 Å². The minimum Gasteiger partial charge on any atom is -0.497 e. The van der Waals surface area contributed by atoms with E-state index in [9.17, 15) is 9.59 Å². The van der Waals surface area contributed by atoms with Gasteiger partial charge in [-0.2, -0.15) is 0 Å². The van der Waals surface area contributed by atoms with Crippen LogP contribution in [0.15, 0.2) is 35.3 Å². The first-order valence-corrected chi connectivity index (χ1v) is 9.42. The first kappa shape index (κ1) is 21.1. The molecule has 0 unspecified atom stereocenters. The van der Waals surface area contributed by atoms with Gasteiger partial charge in [0.25, 0.3) is 5.56 Å². The fourth-order valence-corrected chi connectivity index (χ4v) is 2.97. The second-order valence-electron chi connectivity index (χ2n) is 7.46. The van der Waals surface area contributed by atoms with Gasteiger partial charge in [0.2, 0.25) is 5.91 Å². The van der Waals surface area contributed by atoms with E-state index in [1.165, 1.54) is 14.2 Å². The van der Waals surface area contributed by atoms with Crippen molar-refractivity contribution in [3.8, 4) is 23.0 Å². The Bertz CT molecular complexity index is 1140. The first-order valence-electron chi connectivity index (χ1n) is 9.42. The van der Waals surface area contributed by atoms with Crippen LogP contribution in [0, 0.1) is 5.41 Å². The maximum atomic E-state index is 12.8. The van der Waals surface area contributed by atoms with Crippen molar-refractivity contribution in [1.82, 2.24) is 15.0 Å². The Balaban J connectivity index is 2.00. The number of hydrogen-bond donors (Lipinski definition) is 3. The second kappa shape index (κ2) is 8.40. The van der Waals surface area contributed by atoms with Gasteiger partial charge in [0.1, 0.15) is 22.6 Å². The minimum atomic E-state index is -0.641. The highest BCUT2D eigenvalue weighted by atomic mass is 16.5. The predicted octanol–water partition coefficient (Wildman–Crippen LogP) is 2.32. The van der Waals surface area contributed by atoms with E-state index >= 15 is 0 Å². The number of hydrogen-bond acceptors (Lipinski definition) is 7. The van der Waals surface area contributed by atoms with Gasteiger partial charge in [0.05, 0.1) is 25.4 Å². The molecule has 4 N–H and O–H groups in total. The van der Waals surface area contributed by atoms with Gasteiger partial charge in [-0.25, -0.2) is 4.98 Å². The van der Waals surface area contributed by atoms with Crippen molar-refractivity contribution >= 4 is 22.5 Å². The molecular formula is C21H25N5O4. The summed E-state index contributed by atoms with van der Waals surface area (Å²) in [4.78, 5) is 36.0. The fraction of sp³-hybridized carbons (Fsp3) is 0.333. The number of fused-ring (bicyclic) bond motifs is 1. The molecule has 158 valence electrons. The maximum absolute atomic E-state index is 12.8. The summed E-state index contributed by atoms with van der Waals surface area (Å²) in [5, 5.41) is 3.58. The number of benzene rings is 1. The van der Waals surface area contributed by atoms with E-state index in [0.717, 1.165) is 0 Å². The predicted molar refractivity (Wildman–Crippen MR) is 115 cm³/mol. The van der Waals surface area contributed by atoms with Crippen molar-refractivity contribution in [2.75, 3.05) is 26.1 Å². The van der Waals surface area contributed by atoms with Crippen molar-refractivity contribution in [2.24, 2.45) is 11.1 Å². The molecule has 0 radical (unpaired) electrons. The van der Waals surface area contributed by atoms with Crippen LogP contribution >= 0.6 is 0 Å². The molecule has 1 amide bonds. The summed E-state index contributed by atoms with van der Waals surface area (Å²) < 4.78 is 10.6. The third-order valence-electron chi connectivity index (χ3n) is 4.97. The van der Waals surface area contributed by atoms with Gasteiger partial charge in [-0.15, -0.1) is 0 Å². The van der Waals surface area contributed by atoms with Crippen LogP contribution in [-0.2, 0) is 4.79 Å². The van der Waals surface area contributed by atoms with Gasteiger partial charge in [-0.3, -0.25) is 14.6 Å². The van der Waals surface area contributed by atoms with Gasteiger partial charge in [0.15, 0.2) is 5.82 Å². The molecule has 0 spiro atoms. The molecule has 0 aliphatic rings. The lowest BCUT2D eigenvalue weighted by molar-refractivity contribution is -0.126. The van der Waals surface area contributed by atoms with Gasteiger partial charge in [-0.1, -0.05) is 13.8 Å². The molecular weight excluding hydrogens is 386 g/mol. The van der Waals surface area contributed by atoms with Crippen LogP contribution in [0.1, 0.15) is 20.3 Å². The van der Waals surface area contributed by atoms with Crippen molar-refractivity contribution < 1.29 is 14.3 Å². The van der Waals surface area contributed by atoms with Gasteiger partial charge in [0, 0.05) is 30.3 Å². The molecule has 30 heavy (non-hydrogen) atoms. The first-order chi connectivity index (χ1) is 14.3. The maximum Gasteiger partial charge on any atom is 0.262 e. The van der Waals surface area contributed by atoms with Crippen LogP contribution in [0.25, 0.3) is 22.4 Å². The van der Waals surface area contributed by atoms with Crippen molar-refractivity contribution in [2.45, 2.75) is 20.3 Å². The SMILES string of the molecule is COc1cc(OC)c2c(=O)[nH]c(-c3ncccc3NCCC(C)(C)C(N)=O)nc2c1. The molecule has 3 aromatic rings. The lowest BCUT2D eigenvalue weighted by Crippen LogP contribution is -2.33. The molecule has 2 aromatic heterocycles. The zero-order valence-corrected chi connectivity index (χ0v) is 17.4. The lowest BCUT2D eigenvalue weighted by Gasteiger charge is -2.21. The van der Waals surface area contributed by atoms with Crippen LogP contribution in [0.4, 0.5) is 5.69 Å². The monoisotopic (exact) mass is 411 g/mol. The van der Waals surface area contributed by atoms with Crippen LogP contribution in [0.3, 0.4) is 0 Å². The molecule has 0 atom stereocenters. The standard InChI is InChI=1S/C21H25N5O4/c1-21(2,20(22)28)7-9-23-13-6-5-8-24-17(13)18-25-14-10-12(29-3)11-15(30-4)16(14)19(27)26-18/h5-6,8,10-11,23H,7,9H2,1-4H3,(H2,22,28)(H,25,26,27). The van der Waals surface area contributed by atoms with Crippen LogP contribution in [0.2, 0.25) is 0 Å². The number of ether oxygens (including phenoxy) is 2. The van der Waals surface area contributed by atoms with E-state index in [-0.39, 0.29) is 11.5 Å². The fourth-order valence-electron chi connectivity index (χ4n) is 2.97. The van der Waals surface area contributed by atoms with Crippen molar-refractivity contribution in [1.29, 1.82) is 0 Å². The quantitative estimate of drug-likeness (QED) is 0.518. The number of primary amides is 1.